The topological polar surface area (TPSA) is 67.8 Å². The van der Waals surface area contributed by atoms with Gasteiger partial charge in [-0.2, -0.15) is 0 Å². The molecular formula is C25H26ClNO4S. The summed E-state index contributed by atoms with van der Waals surface area (Å²) in [6, 6.07) is 15.3. The van der Waals surface area contributed by atoms with Crippen molar-refractivity contribution in [2.24, 2.45) is 0 Å². The Morgan fingerprint density at radius 1 is 1.19 bits per heavy atom. The number of fused-ring (bicyclic) bond motifs is 1. The molecule has 0 bridgehead atoms. The van der Waals surface area contributed by atoms with Crippen molar-refractivity contribution in [2.75, 3.05) is 20.3 Å². The summed E-state index contributed by atoms with van der Waals surface area (Å²) >= 11 is 7.59. The monoisotopic (exact) mass is 471 g/mol. The number of carbonyl (C=O) groups excluding carboxylic acids is 1. The van der Waals surface area contributed by atoms with E-state index < -0.39 is 5.54 Å². The molecule has 0 radical (unpaired) electrons. The van der Waals surface area contributed by atoms with Crippen LogP contribution in [-0.4, -0.2) is 36.9 Å². The molecule has 1 aliphatic rings. The first-order valence-corrected chi connectivity index (χ1v) is 11.7. The van der Waals surface area contributed by atoms with Crippen LogP contribution in [0.25, 0.3) is 0 Å². The van der Waals surface area contributed by atoms with Crippen LogP contribution in [0.15, 0.2) is 48.5 Å². The van der Waals surface area contributed by atoms with E-state index in [-0.39, 0.29) is 12.5 Å². The van der Waals surface area contributed by atoms with Crippen LogP contribution in [0, 0.1) is 6.92 Å². The highest BCUT2D eigenvalue weighted by Crippen LogP contribution is 2.38. The highest BCUT2D eigenvalue weighted by Gasteiger charge is 2.39. The second kappa shape index (κ2) is 9.53. The Kier molecular flexibility index (Phi) is 6.74. The summed E-state index contributed by atoms with van der Waals surface area (Å²) in [7, 11) is 1.57. The van der Waals surface area contributed by atoms with Gasteiger partial charge in [-0.25, -0.2) is 0 Å². The molecule has 4 rings (SSSR count). The molecule has 0 aliphatic heterocycles. The third kappa shape index (κ3) is 4.93. The second-order valence-electron chi connectivity index (χ2n) is 8.20. The summed E-state index contributed by atoms with van der Waals surface area (Å²) in [6.45, 7) is 2.38. The molecule has 0 spiro atoms. The first-order valence-electron chi connectivity index (χ1n) is 10.5. The van der Waals surface area contributed by atoms with Crippen molar-refractivity contribution in [1.29, 1.82) is 0 Å². The standard InChI is InChI=1S/C25H26ClNO4S/c1-16-4-3-5-17(10-16)8-9-31-21-11-18(6-7-20(21)30-2)24(29)27-25(15-28)13-19-12-23(26)32-22(19)14-25/h3-7,10-12,28H,8-9,13-15H2,1-2H3,(H,27,29). The minimum atomic E-state index is -0.713. The number of aliphatic hydroxyl groups is 1. The summed E-state index contributed by atoms with van der Waals surface area (Å²) in [4.78, 5) is 14.2. The van der Waals surface area contributed by atoms with Crippen molar-refractivity contribution in [3.63, 3.8) is 0 Å². The Bertz CT molecular complexity index is 1100. The van der Waals surface area contributed by atoms with E-state index in [0.29, 0.717) is 36.5 Å². The molecule has 1 atom stereocenters. The van der Waals surface area contributed by atoms with Gasteiger partial charge in [0.15, 0.2) is 11.5 Å². The van der Waals surface area contributed by atoms with Gasteiger partial charge in [-0.3, -0.25) is 4.79 Å². The molecule has 1 heterocycles. The molecular weight excluding hydrogens is 446 g/mol. The Morgan fingerprint density at radius 2 is 2.03 bits per heavy atom. The number of nitrogens with one attached hydrogen (secondary N) is 1. The van der Waals surface area contributed by atoms with Gasteiger partial charge in [-0.05, 0) is 48.7 Å². The molecule has 168 valence electrons. The zero-order chi connectivity index (χ0) is 22.7. The number of aliphatic hydroxyl groups excluding tert-OH is 1. The lowest BCUT2D eigenvalue weighted by atomic mass is 9.96. The van der Waals surface area contributed by atoms with Gasteiger partial charge in [0, 0.05) is 23.3 Å². The number of rotatable bonds is 8. The minimum absolute atomic E-state index is 0.145. The van der Waals surface area contributed by atoms with Crippen molar-refractivity contribution in [2.45, 2.75) is 31.7 Å². The fourth-order valence-electron chi connectivity index (χ4n) is 4.09. The fourth-order valence-corrected chi connectivity index (χ4v) is 5.55. The summed E-state index contributed by atoms with van der Waals surface area (Å²) in [5.41, 5.74) is 3.23. The van der Waals surface area contributed by atoms with Gasteiger partial charge in [0.05, 0.1) is 30.2 Å². The lowest BCUT2D eigenvalue weighted by Crippen LogP contribution is -2.52. The van der Waals surface area contributed by atoms with E-state index >= 15 is 0 Å². The maximum absolute atomic E-state index is 13.0. The van der Waals surface area contributed by atoms with Crippen molar-refractivity contribution < 1.29 is 19.4 Å². The molecule has 2 N–H and O–H groups in total. The van der Waals surface area contributed by atoms with Gasteiger partial charge in [-0.15, -0.1) is 11.3 Å². The van der Waals surface area contributed by atoms with Gasteiger partial charge in [0.1, 0.15) is 0 Å². The number of ether oxygens (including phenoxy) is 2. The number of hydrogen-bond donors (Lipinski definition) is 2. The molecule has 1 amide bonds. The van der Waals surface area contributed by atoms with Gasteiger partial charge < -0.3 is 19.9 Å². The average molecular weight is 472 g/mol. The van der Waals surface area contributed by atoms with Gasteiger partial charge in [0.2, 0.25) is 0 Å². The lowest BCUT2D eigenvalue weighted by Gasteiger charge is -2.28. The maximum atomic E-state index is 13.0. The Labute approximate surface area is 197 Å². The van der Waals surface area contributed by atoms with Crippen LogP contribution < -0.4 is 14.8 Å². The van der Waals surface area contributed by atoms with Crippen LogP contribution in [0.3, 0.4) is 0 Å². The van der Waals surface area contributed by atoms with Gasteiger partial charge >= 0.3 is 0 Å². The largest absolute Gasteiger partial charge is 0.493 e. The summed E-state index contributed by atoms with van der Waals surface area (Å²) in [5.74, 6) is 0.829. The molecule has 2 aromatic carbocycles. The van der Waals surface area contributed by atoms with Crippen LogP contribution in [0.5, 0.6) is 11.5 Å². The van der Waals surface area contributed by atoms with E-state index in [4.69, 9.17) is 21.1 Å². The summed E-state index contributed by atoms with van der Waals surface area (Å²) in [5, 5.41) is 13.1. The molecule has 3 aromatic rings. The van der Waals surface area contributed by atoms with Crippen LogP contribution in [0.1, 0.15) is 31.9 Å². The van der Waals surface area contributed by atoms with E-state index in [1.165, 1.54) is 22.5 Å². The van der Waals surface area contributed by atoms with Crippen LogP contribution in [0.4, 0.5) is 0 Å². The third-order valence-electron chi connectivity index (χ3n) is 5.73. The van der Waals surface area contributed by atoms with Crippen molar-refractivity contribution >= 4 is 28.8 Å². The van der Waals surface area contributed by atoms with Crippen molar-refractivity contribution in [3.05, 3.63) is 80.0 Å². The predicted molar refractivity (Wildman–Crippen MR) is 127 cm³/mol. The average Bonchev–Trinajstić information content (AvgIpc) is 3.27. The molecule has 1 unspecified atom stereocenters. The van der Waals surface area contributed by atoms with Gasteiger partial charge in [-0.1, -0.05) is 41.4 Å². The van der Waals surface area contributed by atoms with E-state index in [1.807, 2.05) is 12.1 Å². The number of aryl methyl sites for hydroxylation is 1. The summed E-state index contributed by atoms with van der Waals surface area (Å²) < 4.78 is 12.1. The number of benzene rings is 2. The number of methoxy groups -OCH3 is 1. The molecule has 5 nitrogen and oxygen atoms in total. The van der Waals surface area contributed by atoms with Crippen LogP contribution in [0.2, 0.25) is 4.34 Å². The Balaban J connectivity index is 1.45. The highest BCUT2D eigenvalue weighted by atomic mass is 35.5. The van der Waals surface area contributed by atoms with E-state index in [9.17, 15) is 9.90 Å². The number of amides is 1. The third-order valence-corrected chi connectivity index (χ3v) is 7.04. The quantitative estimate of drug-likeness (QED) is 0.504. The molecule has 0 saturated carbocycles. The molecule has 0 saturated heterocycles. The highest BCUT2D eigenvalue weighted by molar-refractivity contribution is 7.16. The zero-order valence-corrected chi connectivity index (χ0v) is 19.7. The zero-order valence-electron chi connectivity index (χ0n) is 18.1. The van der Waals surface area contributed by atoms with E-state index in [0.717, 1.165) is 21.2 Å². The second-order valence-corrected chi connectivity index (χ2v) is 9.97. The van der Waals surface area contributed by atoms with Crippen LogP contribution in [-0.2, 0) is 19.3 Å². The van der Waals surface area contributed by atoms with Crippen molar-refractivity contribution in [1.82, 2.24) is 5.32 Å². The van der Waals surface area contributed by atoms with Gasteiger partial charge in [0.25, 0.3) is 5.91 Å². The number of carbonyl (C=O) groups is 1. The maximum Gasteiger partial charge on any atom is 0.251 e. The number of hydrogen-bond acceptors (Lipinski definition) is 5. The Morgan fingerprint density at radius 3 is 2.75 bits per heavy atom. The van der Waals surface area contributed by atoms with Crippen molar-refractivity contribution in [3.8, 4) is 11.5 Å². The Hall–Kier alpha value is -2.54. The number of halogens is 1. The van der Waals surface area contributed by atoms with Crippen LogP contribution >= 0.6 is 22.9 Å². The first-order chi connectivity index (χ1) is 15.4. The fraction of sp³-hybridized carbons (Fsp3) is 0.320. The predicted octanol–water partition coefficient (Wildman–Crippen LogP) is 4.60. The first kappa shape index (κ1) is 22.6. The molecule has 0 fully saturated rings. The number of thiophene rings is 1. The molecule has 32 heavy (non-hydrogen) atoms. The van der Waals surface area contributed by atoms with E-state index in [2.05, 4.69) is 30.4 Å². The lowest BCUT2D eigenvalue weighted by molar-refractivity contribution is 0.0842. The molecule has 1 aromatic heterocycles. The normalized spacial score (nSPS) is 17.1. The smallest absolute Gasteiger partial charge is 0.251 e. The SMILES string of the molecule is COc1ccc(C(=O)NC2(CO)Cc3cc(Cl)sc3C2)cc1OCCc1cccc(C)c1. The molecule has 7 heteroatoms. The summed E-state index contributed by atoms with van der Waals surface area (Å²) in [6.07, 6.45) is 1.88. The molecule has 1 aliphatic carbocycles. The van der Waals surface area contributed by atoms with E-state index in [1.54, 1.807) is 25.3 Å². The minimum Gasteiger partial charge on any atom is -0.493 e.